The molecule has 0 aliphatic carbocycles. The van der Waals surface area contributed by atoms with E-state index in [0.717, 1.165) is 34.7 Å². The number of aryl methyl sites for hydroxylation is 1. The molecule has 9 heteroatoms. The number of carbonyl (C=O) groups excluding carboxylic acids is 1. The molecular formula is C23H27N5O3S. The highest BCUT2D eigenvalue weighted by Crippen LogP contribution is 2.34. The molecule has 1 aliphatic heterocycles. The summed E-state index contributed by atoms with van der Waals surface area (Å²) in [5.74, 6) is 1.80. The zero-order valence-corrected chi connectivity index (χ0v) is 19.3. The molecule has 3 aromatic rings. The van der Waals surface area contributed by atoms with Gasteiger partial charge in [0.15, 0.2) is 11.5 Å². The molecule has 0 saturated heterocycles. The van der Waals surface area contributed by atoms with E-state index in [9.17, 15) is 4.79 Å². The van der Waals surface area contributed by atoms with Crippen molar-refractivity contribution in [3.63, 3.8) is 0 Å². The van der Waals surface area contributed by atoms with E-state index in [1.807, 2.05) is 49.4 Å². The maximum atomic E-state index is 12.8. The summed E-state index contributed by atoms with van der Waals surface area (Å²) in [5.41, 5.74) is 2.94. The predicted molar refractivity (Wildman–Crippen MR) is 122 cm³/mol. The summed E-state index contributed by atoms with van der Waals surface area (Å²) in [6.07, 6.45) is 0.855. The van der Waals surface area contributed by atoms with Crippen LogP contribution in [0.1, 0.15) is 37.4 Å². The Kier molecular flexibility index (Phi) is 6.94. The Balaban J connectivity index is 1.44. The number of rotatable bonds is 7. The number of nitrogens with zero attached hydrogens (tertiary/aromatic N) is 4. The topological polar surface area (TPSA) is 91.2 Å². The van der Waals surface area contributed by atoms with Gasteiger partial charge in [0.1, 0.15) is 0 Å². The van der Waals surface area contributed by atoms with Crippen molar-refractivity contribution in [1.82, 2.24) is 25.5 Å². The maximum absolute atomic E-state index is 12.8. The number of tetrazole rings is 1. The van der Waals surface area contributed by atoms with Gasteiger partial charge in [0.2, 0.25) is 11.1 Å². The van der Waals surface area contributed by atoms with Crippen LogP contribution in [-0.4, -0.2) is 45.1 Å². The molecule has 168 valence electrons. The van der Waals surface area contributed by atoms with Crippen LogP contribution in [0.4, 0.5) is 0 Å². The van der Waals surface area contributed by atoms with Gasteiger partial charge < -0.3 is 14.8 Å². The van der Waals surface area contributed by atoms with Crippen LogP contribution in [0.5, 0.6) is 11.5 Å². The molecule has 1 amide bonds. The number of nitrogens with one attached hydrogen (secondary N) is 1. The molecule has 1 unspecified atom stereocenters. The molecule has 2 aromatic carbocycles. The van der Waals surface area contributed by atoms with Crippen LogP contribution in [0.15, 0.2) is 47.6 Å². The van der Waals surface area contributed by atoms with Gasteiger partial charge in [-0.05, 0) is 52.6 Å². The molecular weight excluding hydrogens is 426 g/mol. The number of carbonyl (C=O) groups is 1. The van der Waals surface area contributed by atoms with E-state index in [1.165, 1.54) is 11.8 Å². The summed E-state index contributed by atoms with van der Waals surface area (Å²) in [4.78, 5) is 12.8. The van der Waals surface area contributed by atoms with Crippen LogP contribution in [0.3, 0.4) is 0 Å². The van der Waals surface area contributed by atoms with E-state index in [1.54, 1.807) is 4.68 Å². The number of thioether (sulfide) groups is 1. The highest BCUT2D eigenvalue weighted by molar-refractivity contribution is 7.99. The summed E-state index contributed by atoms with van der Waals surface area (Å²) in [5, 5.41) is 15.7. The van der Waals surface area contributed by atoms with Gasteiger partial charge in [-0.15, -0.1) is 5.10 Å². The third-order valence-electron chi connectivity index (χ3n) is 5.23. The lowest BCUT2D eigenvalue weighted by Crippen LogP contribution is -2.33. The quantitative estimate of drug-likeness (QED) is 0.545. The number of benzene rings is 2. The van der Waals surface area contributed by atoms with E-state index in [-0.39, 0.29) is 23.6 Å². The van der Waals surface area contributed by atoms with Crippen molar-refractivity contribution in [2.24, 2.45) is 5.92 Å². The van der Waals surface area contributed by atoms with Gasteiger partial charge in [-0.1, -0.05) is 49.9 Å². The number of ether oxygens (including phenoxy) is 2. The molecule has 0 spiro atoms. The van der Waals surface area contributed by atoms with Crippen LogP contribution < -0.4 is 14.8 Å². The van der Waals surface area contributed by atoms with E-state index >= 15 is 0 Å². The minimum Gasteiger partial charge on any atom is -0.490 e. The summed E-state index contributed by atoms with van der Waals surface area (Å²) in [6, 6.07) is 13.6. The molecule has 2 heterocycles. The van der Waals surface area contributed by atoms with Crippen molar-refractivity contribution in [3.05, 3.63) is 53.6 Å². The minimum atomic E-state index is -0.146. The van der Waals surface area contributed by atoms with Crippen LogP contribution in [0.2, 0.25) is 0 Å². The molecule has 0 fully saturated rings. The van der Waals surface area contributed by atoms with Gasteiger partial charge in [-0.3, -0.25) is 4.79 Å². The fraction of sp³-hybridized carbons (Fsp3) is 0.391. The van der Waals surface area contributed by atoms with Gasteiger partial charge in [-0.25, -0.2) is 0 Å². The molecule has 0 bridgehead atoms. The van der Waals surface area contributed by atoms with Crippen LogP contribution in [-0.2, 0) is 4.79 Å². The van der Waals surface area contributed by atoms with Crippen molar-refractivity contribution in [3.8, 4) is 17.2 Å². The Morgan fingerprint density at radius 3 is 2.72 bits per heavy atom. The summed E-state index contributed by atoms with van der Waals surface area (Å²) in [7, 11) is 0. The Morgan fingerprint density at radius 1 is 1.16 bits per heavy atom. The zero-order valence-electron chi connectivity index (χ0n) is 18.4. The summed E-state index contributed by atoms with van der Waals surface area (Å²) >= 11 is 1.31. The van der Waals surface area contributed by atoms with E-state index in [0.29, 0.717) is 18.4 Å². The van der Waals surface area contributed by atoms with Gasteiger partial charge in [0.25, 0.3) is 0 Å². The highest BCUT2D eigenvalue weighted by atomic mass is 32.2. The summed E-state index contributed by atoms with van der Waals surface area (Å²) < 4.78 is 13.2. The monoisotopic (exact) mass is 453 g/mol. The first kappa shape index (κ1) is 22.1. The van der Waals surface area contributed by atoms with Crippen molar-refractivity contribution in [2.45, 2.75) is 38.4 Å². The van der Waals surface area contributed by atoms with Crippen molar-refractivity contribution < 1.29 is 14.3 Å². The van der Waals surface area contributed by atoms with Crippen LogP contribution in [0, 0.1) is 12.8 Å². The molecule has 32 heavy (non-hydrogen) atoms. The number of aromatic nitrogens is 4. The third-order valence-corrected chi connectivity index (χ3v) is 6.15. The fourth-order valence-corrected chi connectivity index (χ4v) is 4.27. The second kappa shape index (κ2) is 10.0. The lowest BCUT2D eigenvalue weighted by molar-refractivity contribution is -0.119. The number of hydrogen-bond acceptors (Lipinski definition) is 7. The summed E-state index contributed by atoms with van der Waals surface area (Å²) in [6.45, 7) is 7.44. The first-order valence-corrected chi connectivity index (χ1v) is 11.7. The molecule has 0 saturated carbocycles. The predicted octanol–water partition coefficient (Wildman–Crippen LogP) is 3.74. The fourth-order valence-electron chi connectivity index (χ4n) is 3.57. The molecule has 0 radical (unpaired) electrons. The molecule has 1 N–H and O–H groups in total. The SMILES string of the molecule is Cc1ccccc1-n1nnnc1SCC(=O)NC(c1ccc2c(c1)OCCCO2)C(C)C. The highest BCUT2D eigenvalue weighted by Gasteiger charge is 2.22. The maximum Gasteiger partial charge on any atom is 0.230 e. The lowest BCUT2D eigenvalue weighted by Gasteiger charge is -2.24. The average Bonchev–Trinajstić information content (AvgIpc) is 3.12. The first-order chi connectivity index (χ1) is 15.5. The number of fused-ring (bicyclic) bond motifs is 1. The average molecular weight is 454 g/mol. The number of hydrogen-bond donors (Lipinski definition) is 1. The normalized spacial score (nSPS) is 14.1. The Hall–Kier alpha value is -3.07. The van der Waals surface area contributed by atoms with Crippen molar-refractivity contribution in [1.29, 1.82) is 0 Å². The van der Waals surface area contributed by atoms with Gasteiger partial charge >= 0.3 is 0 Å². The number of para-hydroxylation sites is 1. The second-order valence-corrected chi connectivity index (χ2v) is 8.94. The van der Waals surface area contributed by atoms with Gasteiger partial charge in [0, 0.05) is 6.42 Å². The third kappa shape index (κ3) is 5.04. The van der Waals surface area contributed by atoms with Crippen LogP contribution in [0.25, 0.3) is 5.69 Å². The largest absolute Gasteiger partial charge is 0.490 e. The Morgan fingerprint density at radius 2 is 1.94 bits per heavy atom. The first-order valence-electron chi connectivity index (χ1n) is 10.7. The zero-order chi connectivity index (χ0) is 22.5. The second-order valence-electron chi connectivity index (χ2n) is 7.99. The van der Waals surface area contributed by atoms with E-state index < -0.39 is 0 Å². The van der Waals surface area contributed by atoms with Crippen molar-refractivity contribution >= 4 is 17.7 Å². The molecule has 1 aromatic heterocycles. The van der Waals surface area contributed by atoms with Crippen molar-refractivity contribution in [2.75, 3.05) is 19.0 Å². The van der Waals surface area contributed by atoms with E-state index in [2.05, 4.69) is 34.7 Å². The Labute approximate surface area is 191 Å². The van der Waals surface area contributed by atoms with Gasteiger partial charge in [0.05, 0.1) is 30.7 Å². The Bertz CT molecular complexity index is 1080. The minimum absolute atomic E-state index is 0.0832. The lowest BCUT2D eigenvalue weighted by atomic mass is 9.95. The molecule has 1 atom stereocenters. The smallest absolute Gasteiger partial charge is 0.230 e. The van der Waals surface area contributed by atoms with Crippen LogP contribution >= 0.6 is 11.8 Å². The van der Waals surface area contributed by atoms with Gasteiger partial charge in [-0.2, -0.15) is 4.68 Å². The molecule has 1 aliphatic rings. The standard InChI is InChI=1S/C23H27N5O3S/c1-15(2)22(17-9-10-19-20(13-17)31-12-6-11-30-19)24-21(29)14-32-23-25-26-27-28(23)18-8-5-4-7-16(18)3/h4-5,7-10,13,15,22H,6,11-12,14H2,1-3H3,(H,24,29). The molecule has 4 rings (SSSR count). The number of amides is 1. The molecule has 8 nitrogen and oxygen atoms in total. The van der Waals surface area contributed by atoms with E-state index in [4.69, 9.17) is 9.47 Å².